The Labute approximate surface area is 175 Å². The Bertz CT molecular complexity index is 929. The lowest BCUT2D eigenvalue weighted by Gasteiger charge is -2.26. The van der Waals surface area contributed by atoms with Crippen LogP contribution < -0.4 is 5.06 Å². The van der Waals surface area contributed by atoms with Crippen molar-refractivity contribution >= 4 is 11.8 Å². The molecule has 1 amide bonds. The highest BCUT2D eigenvalue weighted by molar-refractivity contribution is 5.87. The molecular weight excluding hydrogens is 428 g/mol. The summed E-state index contributed by atoms with van der Waals surface area (Å²) >= 11 is 0. The van der Waals surface area contributed by atoms with E-state index in [-0.39, 0.29) is 22.9 Å². The van der Waals surface area contributed by atoms with E-state index in [9.17, 15) is 31.1 Å². The molecule has 2 aromatic carbocycles. The van der Waals surface area contributed by atoms with Crippen LogP contribution in [0.1, 0.15) is 37.5 Å². The van der Waals surface area contributed by atoms with E-state index in [1.54, 1.807) is 27.7 Å². The molecule has 0 aromatic heterocycles. The Morgan fingerprint density at radius 3 is 1.71 bits per heavy atom. The number of rotatable bonds is 3. The van der Waals surface area contributed by atoms with Crippen LogP contribution in [0.3, 0.4) is 0 Å². The maximum Gasteiger partial charge on any atom is 0.439 e. The highest BCUT2D eigenvalue weighted by atomic mass is 19.4. The fourth-order valence-electron chi connectivity index (χ4n) is 2.76. The van der Waals surface area contributed by atoms with Crippen molar-refractivity contribution < 1.29 is 40.7 Å². The topological polar surface area (TPSA) is 38.8 Å². The van der Waals surface area contributed by atoms with Gasteiger partial charge in [0.1, 0.15) is 5.60 Å². The molecule has 0 spiro atoms. The second kappa shape index (κ2) is 8.41. The van der Waals surface area contributed by atoms with Crippen LogP contribution in [0.5, 0.6) is 0 Å². The number of hydrogen-bond donors (Lipinski definition) is 0. The third-order valence-electron chi connectivity index (χ3n) is 3.96. The molecule has 0 heterocycles. The molecule has 170 valence electrons. The first-order valence-corrected chi connectivity index (χ1v) is 9.00. The number of halogens is 6. The van der Waals surface area contributed by atoms with Gasteiger partial charge in [0.05, 0.1) is 23.9 Å². The van der Waals surface area contributed by atoms with Gasteiger partial charge in [-0.25, -0.2) is 4.79 Å². The maximum absolute atomic E-state index is 13.2. The fourth-order valence-corrected chi connectivity index (χ4v) is 2.76. The summed E-state index contributed by atoms with van der Waals surface area (Å²) in [5.74, 6) is 0. The number of ether oxygens (including phenoxy) is 1. The Morgan fingerprint density at radius 1 is 0.806 bits per heavy atom. The minimum Gasteiger partial charge on any atom is -0.442 e. The third kappa shape index (κ3) is 6.36. The first kappa shape index (κ1) is 24.5. The van der Waals surface area contributed by atoms with Gasteiger partial charge in [0, 0.05) is 0 Å². The van der Waals surface area contributed by atoms with E-state index in [4.69, 9.17) is 9.57 Å². The van der Waals surface area contributed by atoms with E-state index in [1.165, 1.54) is 25.3 Å². The average molecular weight is 449 g/mol. The molecule has 0 aliphatic heterocycles. The quantitative estimate of drug-likeness (QED) is 0.374. The van der Waals surface area contributed by atoms with Gasteiger partial charge in [-0.1, -0.05) is 6.07 Å². The van der Waals surface area contributed by atoms with Crippen molar-refractivity contribution in [2.75, 3.05) is 12.2 Å². The number of carbonyl (C=O) groups is 1. The predicted octanol–water partition coefficient (Wildman–Crippen LogP) is 7.00. The number of hydrogen-bond acceptors (Lipinski definition) is 3. The second-order valence-corrected chi connectivity index (χ2v) is 7.81. The van der Waals surface area contributed by atoms with Crippen LogP contribution in [0.2, 0.25) is 0 Å². The van der Waals surface area contributed by atoms with Crippen LogP contribution in [0.25, 0.3) is 11.1 Å². The highest BCUT2D eigenvalue weighted by Gasteiger charge is 2.37. The van der Waals surface area contributed by atoms with Crippen LogP contribution in [0, 0.1) is 6.92 Å². The van der Waals surface area contributed by atoms with Crippen LogP contribution in [0.15, 0.2) is 36.4 Å². The molecule has 0 aliphatic carbocycles. The SMILES string of the molecule is CON(C(=O)OC(C)(C)C)c1cc(C)cc(-c2cc(C(F)(F)F)cc(C(F)(F)F)c2)c1. The van der Waals surface area contributed by atoms with Gasteiger partial charge >= 0.3 is 18.4 Å². The van der Waals surface area contributed by atoms with Crippen molar-refractivity contribution in [2.45, 2.75) is 45.6 Å². The van der Waals surface area contributed by atoms with Crippen molar-refractivity contribution in [1.29, 1.82) is 0 Å². The minimum absolute atomic E-state index is 0.0391. The van der Waals surface area contributed by atoms with Gasteiger partial charge in [0.15, 0.2) is 0 Å². The molecule has 2 aromatic rings. The van der Waals surface area contributed by atoms with E-state index in [1.807, 2.05) is 0 Å². The summed E-state index contributed by atoms with van der Waals surface area (Å²) in [7, 11) is 1.18. The molecule has 0 N–H and O–H groups in total. The minimum atomic E-state index is -4.97. The lowest BCUT2D eigenvalue weighted by molar-refractivity contribution is -0.143. The predicted molar refractivity (Wildman–Crippen MR) is 102 cm³/mol. The molecule has 2 rings (SSSR count). The Balaban J connectivity index is 2.63. The number of alkyl halides is 6. The number of benzene rings is 2. The molecule has 0 saturated carbocycles. The molecule has 4 nitrogen and oxygen atoms in total. The number of nitrogens with zero attached hydrogens (tertiary/aromatic N) is 1. The number of aryl methyl sites for hydroxylation is 1. The molecule has 10 heteroatoms. The third-order valence-corrected chi connectivity index (χ3v) is 3.96. The maximum atomic E-state index is 13.2. The summed E-state index contributed by atoms with van der Waals surface area (Å²) in [6.07, 6.45) is -10.8. The number of carbonyl (C=O) groups excluding carboxylic acids is 1. The van der Waals surface area contributed by atoms with Crippen LogP contribution >= 0.6 is 0 Å². The van der Waals surface area contributed by atoms with Gasteiger partial charge in [-0.3, -0.25) is 4.84 Å². The molecule has 31 heavy (non-hydrogen) atoms. The van der Waals surface area contributed by atoms with Gasteiger partial charge in [-0.05, 0) is 74.7 Å². The molecular formula is C21H21F6NO3. The van der Waals surface area contributed by atoms with Crippen LogP contribution in [-0.4, -0.2) is 18.8 Å². The lowest BCUT2D eigenvalue weighted by Crippen LogP contribution is -2.36. The van der Waals surface area contributed by atoms with E-state index < -0.39 is 35.2 Å². The first-order chi connectivity index (χ1) is 14.0. The van der Waals surface area contributed by atoms with Crippen molar-refractivity contribution in [3.05, 3.63) is 53.1 Å². The van der Waals surface area contributed by atoms with E-state index in [2.05, 4.69) is 0 Å². The summed E-state index contributed by atoms with van der Waals surface area (Å²) in [6, 6.07) is 5.44. The molecule has 0 unspecified atom stereocenters. The summed E-state index contributed by atoms with van der Waals surface area (Å²) in [4.78, 5) is 17.4. The van der Waals surface area contributed by atoms with E-state index in [0.717, 1.165) is 5.06 Å². The van der Waals surface area contributed by atoms with Crippen LogP contribution in [-0.2, 0) is 21.9 Å². The Hall–Kier alpha value is -2.75. The molecule has 0 saturated heterocycles. The molecule has 0 radical (unpaired) electrons. The van der Waals surface area contributed by atoms with Crippen LogP contribution in [0.4, 0.5) is 36.8 Å². The average Bonchev–Trinajstić information content (AvgIpc) is 2.58. The molecule has 0 aliphatic rings. The van der Waals surface area contributed by atoms with Gasteiger partial charge < -0.3 is 4.74 Å². The van der Waals surface area contributed by atoms with Gasteiger partial charge in [0.25, 0.3) is 0 Å². The van der Waals surface area contributed by atoms with Gasteiger partial charge in [-0.15, -0.1) is 0 Å². The standard InChI is InChI=1S/C21H21F6NO3/c1-12-6-13(10-17(7-12)28(30-5)18(29)31-19(2,3)4)14-8-15(20(22,23)24)11-16(9-14)21(25,26)27/h6-11H,1-5H3. The summed E-state index contributed by atoms with van der Waals surface area (Å²) in [5, 5.41) is 0.764. The van der Waals surface area contributed by atoms with Crippen molar-refractivity contribution in [3.8, 4) is 11.1 Å². The van der Waals surface area contributed by atoms with E-state index in [0.29, 0.717) is 17.7 Å². The van der Waals surface area contributed by atoms with Crippen molar-refractivity contribution in [3.63, 3.8) is 0 Å². The normalized spacial score (nSPS) is 12.6. The second-order valence-electron chi connectivity index (χ2n) is 7.81. The zero-order valence-electron chi connectivity index (χ0n) is 17.4. The Kier molecular flexibility index (Phi) is 6.65. The molecule has 0 atom stereocenters. The summed E-state index contributed by atoms with van der Waals surface area (Å²) in [6.45, 7) is 6.46. The summed E-state index contributed by atoms with van der Waals surface area (Å²) < 4.78 is 84.4. The smallest absolute Gasteiger partial charge is 0.439 e. The van der Waals surface area contributed by atoms with Crippen molar-refractivity contribution in [2.24, 2.45) is 0 Å². The number of hydroxylamine groups is 1. The fraction of sp³-hybridized carbons (Fsp3) is 0.381. The van der Waals surface area contributed by atoms with Crippen molar-refractivity contribution in [1.82, 2.24) is 0 Å². The lowest BCUT2D eigenvalue weighted by atomic mass is 9.97. The highest BCUT2D eigenvalue weighted by Crippen LogP contribution is 2.39. The zero-order valence-corrected chi connectivity index (χ0v) is 17.4. The largest absolute Gasteiger partial charge is 0.442 e. The number of anilines is 1. The number of amides is 1. The summed E-state index contributed by atoms with van der Waals surface area (Å²) in [5.41, 5.74) is -3.44. The van der Waals surface area contributed by atoms with Gasteiger partial charge in [-0.2, -0.15) is 31.4 Å². The first-order valence-electron chi connectivity index (χ1n) is 9.00. The Morgan fingerprint density at radius 2 is 1.29 bits per heavy atom. The zero-order chi connectivity index (χ0) is 23.8. The monoisotopic (exact) mass is 449 g/mol. The molecule has 0 bridgehead atoms. The van der Waals surface area contributed by atoms with Gasteiger partial charge in [0.2, 0.25) is 0 Å². The molecule has 0 fully saturated rings. The van der Waals surface area contributed by atoms with E-state index >= 15 is 0 Å².